The maximum Gasteiger partial charge on any atom is 0.138 e. The molecule has 0 saturated heterocycles. The second-order valence-electron chi connectivity index (χ2n) is 5.36. The summed E-state index contributed by atoms with van der Waals surface area (Å²) in [6.45, 7) is 6.32. The van der Waals surface area contributed by atoms with Gasteiger partial charge >= 0.3 is 0 Å². The standard InChI is InChI=1S/C18H22N2O/c1-4-13(3)14-7-5-6-8-16(14)21-17-10-9-12(2)11-15(17)18(19)20/h5-11,13H,4H2,1-3H3,(H3,19,20). The molecule has 0 heterocycles. The van der Waals surface area contributed by atoms with Crippen LogP contribution in [0.4, 0.5) is 0 Å². The van der Waals surface area contributed by atoms with Gasteiger partial charge in [0.25, 0.3) is 0 Å². The number of hydrogen-bond acceptors (Lipinski definition) is 2. The van der Waals surface area contributed by atoms with Gasteiger partial charge in [-0.15, -0.1) is 0 Å². The van der Waals surface area contributed by atoms with Crippen molar-refractivity contribution in [3.8, 4) is 11.5 Å². The van der Waals surface area contributed by atoms with E-state index in [1.807, 2.05) is 43.3 Å². The fourth-order valence-electron chi connectivity index (χ4n) is 2.26. The van der Waals surface area contributed by atoms with Crippen molar-refractivity contribution in [3.63, 3.8) is 0 Å². The molecule has 0 fully saturated rings. The lowest BCUT2D eigenvalue weighted by atomic mass is 9.98. The molecule has 0 bridgehead atoms. The van der Waals surface area contributed by atoms with Crippen molar-refractivity contribution in [2.24, 2.45) is 5.73 Å². The number of nitrogens with two attached hydrogens (primary N) is 1. The molecule has 3 heteroatoms. The van der Waals surface area contributed by atoms with E-state index >= 15 is 0 Å². The van der Waals surface area contributed by atoms with Crippen molar-refractivity contribution < 1.29 is 4.74 Å². The molecule has 1 atom stereocenters. The van der Waals surface area contributed by atoms with Crippen LogP contribution in [0.15, 0.2) is 42.5 Å². The number of rotatable bonds is 5. The lowest BCUT2D eigenvalue weighted by Gasteiger charge is -2.17. The van der Waals surface area contributed by atoms with E-state index in [9.17, 15) is 0 Å². The molecular weight excluding hydrogens is 260 g/mol. The zero-order chi connectivity index (χ0) is 15.4. The van der Waals surface area contributed by atoms with E-state index < -0.39 is 0 Å². The van der Waals surface area contributed by atoms with Crippen LogP contribution in [0.3, 0.4) is 0 Å². The summed E-state index contributed by atoms with van der Waals surface area (Å²) >= 11 is 0. The summed E-state index contributed by atoms with van der Waals surface area (Å²) in [6, 6.07) is 13.8. The Labute approximate surface area is 126 Å². The van der Waals surface area contributed by atoms with Crippen LogP contribution in [-0.2, 0) is 0 Å². The number of para-hydroxylation sites is 1. The number of amidine groups is 1. The quantitative estimate of drug-likeness (QED) is 0.622. The third-order valence-corrected chi connectivity index (χ3v) is 3.71. The minimum Gasteiger partial charge on any atom is -0.456 e. The zero-order valence-corrected chi connectivity index (χ0v) is 12.8. The maximum atomic E-state index is 7.71. The predicted octanol–water partition coefficient (Wildman–Crippen LogP) is 4.58. The monoisotopic (exact) mass is 282 g/mol. The van der Waals surface area contributed by atoms with Gasteiger partial charge in [0.15, 0.2) is 0 Å². The van der Waals surface area contributed by atoms with E-state index in [0.29, 0.717) is 17.2 Å². The molecule has 0 radical (unpaired) electrons. The van der Waals surface area contributed by atoms with Crippen molar-refractivity contribution in [3.05, 3.63) is 59.2 Å². The molecule has 0 aliphatic heterocycles. The van der Waals surface area contributed by atoms with Crippen LogP contribution in [0.25, 0.3) is 0 Å². The molecular formula is C18H22N2O. The fraction of sp³-hybridized carbons (Fsp3) is 0.278. The lowest BCUT2D eigenvalue weighted by molar-refractivity contribution is 0.469. The summed E-state index contributed by atoms with van der Waals surface area (Å²) in [5.41, 5.74) is 8.53. The number of aryl methyl sites for hydroxylation is 1. The van der Waals surface area contributed by atoms with E-state index in [1.165, 1.54) is 5.56 Å². The predicted molar refractivity (Wildman–Crippen MR) is 87.4 cm³/mol. The Morgan fingerprint density at radius 1 is 1.19 bits per heavy atom. The van der Waals surface area contributed by atoms with Crippen LogP contribution in [-0.4, -0.2) is 5.84 Å². The van der Waals surface area contributed by atoms with Gasteiger partial charge in [0.1, 0.15) is 17.3 Å². The first-order valence-corrected chi connectivity index (χ1v) is 7.24. The summed E-state index contributed by atoms with van der Waals surface area (Å²) in [4.78, 5) is 0. The van der Waals surface area contributed by atoms with Crippen LogP contribution >= 0.6 is 0 Å². The molecule has 0 aliphatic rings. The molecule has 2 aromatic rings. The van der Waals surface area contributed by atoms with Gasteiger partial charge in [-0.3, -0.25) is 5.41 Å². The Balaban J connectivity index is 2.41. The second-order valence-corrected chi connectivity index (χ2v) is 5.36. The summed E-state index contributed by atoms with van der Waals surface area (Å²) in [7, 11) is 0. The van der Waals surface area contributed by atoms with Gasteiger partial charge in [-0.05, 0) is 43.0 Å². The highest BCUT2D eigenvalue weighted by atomic mass is 16.5. The highest BCUT2D eigenvalue weighted by Gasteiger charge is 2.13. The molecule has 1 unspecified atom stereocenters. The molecule has 0 amide bonds. The highest BCUT2D eigenvalue weighted by Crippen LogP contribution is 2.33. The summed E-state index contributed by atoms with van der Waals surface area (Å²) in [5.74, 6) is 1.91. The van der Waals surface area contributed by atoms with Gasteiger partial charge in [-0.1, -0.05) is 43.7 Å². The van der Waals surface area contributed by atoms with Crippen LogP contribution in [0.2, 0.25) is 0 Å². The molecule has 0 aliphatic carbocycles. The Morgan fingerprint density at radius 2 is 1.90 bits per heavy atom. The Kier molecular flexibility index (Phi) is 4.63. The molecule has 2 aromatic carbocycles. The average Bonchev–Trinajstić information content (AvgIpc) is 2.48. The van der Waals surface area contributed by atoms with Crippen molar-refractivity contribution in [1.82, 2.24) is 0 Å². The van der Waals surface area contributed by atoms with E-state index in [0.717, 1.165) is 17.7 Å². The number of nitrogens with one attached hydrogen (secondary N) is 1. The maximum absolute atomic E-state index is 7.71. The molecule has 0 saturated carbocycles. The number of hydrogen-bond donors (Lipinski definition) is 2. The molecule has 110 valence electrons. The summed E-state index contributed by atoms with van der Waals surface area (Å²) in [5, 5.41) is 7.71. The minimum absolute atomic E-state index is 0.0229. The van der Waals surface area contributed by atoms with Crippen molar-refractivity contribution in [1.29, 1.82) is 5.41 Å². The number of benzene rings is 2. The van der Waals surface area contributed by atoms with Gasteiger partial charge < -0.3 is 10.5 Å². The highest BCUT2D eigenvalue weighted by molar-refractivity contribution is 5.97. The Hall–Kier alpha value is -2.29. The Morgan fingerprint density at radius 3 is 2.57 bits per heavy atom. The molecule has 0 aromatic heterocycles. The zero-order valence-electron chi connectivity index (χ0n) is 12.8. The van der Waals surface area contributed by atoms with Gasteiger partial charge in [0.2, 0.25) is 0 Å². The third kappa shape index (κ3) is 3.43. The second kappa shape index (κ2) is 6.44. The normalized spacial score (nSPS) is 12.0. The number of nitrogen functional groups attached to an aromatic ring is 1. The summed E-state index contributed by atoms with van der Waals surface area (Å²) in [6.07, 6.45) is 1.05. The minimum atomic E-state index is 0.0229. The smallest absolute Gasteiger partial charge is 0.138 e. The largest absolute Gasteiger partial charge is 0.456 e. The first-order chi connectivity index (χ1) is 10.0. The van der Waals surface area contributed by atoms with E-state index in [1.54, 1.807) is 0 Å². The van der Waals surface area contributed by atoms with Gasteiger partial charge in [0, 0.05) is 0 Å². The molecule has 3 N–H and O–H groups in total. The van der Waals surface area contributed by atoms with Crippen molar-refractivity contribution in [2.45, 2.75) is 33.1 Å². The fourth-order valence-corrected chi connectivity index (χ4v) is 2.26. The first-order valence-electron chi connectivity index (χ1n) is 7.24. The molecule has 21 heavy (non-hydrogen) atoms. The lowest BCUT2D eigenvalue weighted by Crippen LogP contribution is -2.12. The van der Waals surface area contributed by atoms with Crippen LogP contribution in [0.1, 0.15) is 42.9 Å². The van der Waals surface area contributed by atoms with Crippen LogP contribution < -0.4 is 10.5 Å². The van der Waals surface area contributed by atoms with E-state index in [2.05, 4.69) is 19.9 Å². The molecule has 2 rings (SSSR count). The van der Waals surface area contributed by atoms with E-state index in [-0.39, 0.29) is 5.84 Å². The first kappa shape index (κ1) is 15.1. The van der Waals surface area contributed by atoms with Gasteiger partial charge in [0.05, 0.1) is 5.56 Å². The Bertz CT molecular complexity index is 649. The van der Waals surface area contributed by atoms with Crippen molar-refractivity contribution >= 4 is 5.84 Å². The van der Waals surface area contributed by atoms with Crippen molar-refractivity contribution in [2.75, 3.05) is 0 Å². The number of ether oxygens (including phenoxy) is 1. The third-order valence-electron chi connectivity index (χ3n) is 3.71. The van der Waals surface area contributed by atoms with Gasteiger partial charge in [-0.2, -0.15) is 0 Å². The van der Waals surface area contributed by atoms with Gasteiger partial charge in [-0.25, -0.2) is 0 Å². The molecule has 0 spiro atoms. The summed E-state index contributed by atoms with van der Waals surface area (Å²) < 4.78 is 6.06. The average molecular weight is 282 g/mol. The van der Waals surface area contributed by atoms with Crippen LogP contribution in [0.5, 0.6) is 11.5 Å². The SMILES string of the molecule is CCC(C)c1ccccc1Oc1ccc(C)cc1C(=N)N. The van der Waals surface area contributed by atoms with Crippen LogP contribution in [0, 0.1) is 12.3 Å². The topological polar surface area (TPSA) is 59.1 Å². The molecule has 3 nitrogen and oxygen atoms in total. The van der Waals surface area contributed by atoms with E-state index in [4.69, 9.17) is 15.9 Å².